The summed E-state index contributed by atoms with van der Waals surface area (Å²) in [6.07, 6.45) is 1.29. The third kappa shape index (κ3) is 2.99. The first kappa shape index (κ1) is 11.1. The summed E-state index contributed by atoms with van der Waals surface area (Å²) in [4.78, 5) is 23.7. The Kier molecular flexibility index (Phi) is 3.29. The normalized spacial score (nSPS) is 12.1. The molecular weight excluding hydrogens is 202 g/mol. The van der Waals surface area contributed by atoms with Gasteiger partial charge in [-0.15, -0.1) is 0 Å². The predicted octanol–water partition coefficient (Wildman–Crippen LogP) is -0.0558. The lowest BCUT2D eigenvalue weighted by Crippen LogP contribution is -2.32. The van der Waals surface area contributed by atoms with Gasteiger partial charge in [0.15, 0.2) is 0 Å². The number of carbonyl (C=O) groups is 1. The van der Waals surface area contributed by atoms with Gasteiger partial charge in [-0.05, 0) is 28.0 Å². The van der Waals surface area contributed by atoms with Crippen molar-refractivity contribution in [2.45, 2.75) is 12.5 Å². The molecule has 1 heterocycles. The highest BCUT2D eigenvalue weighted by molar-refractivity contribution is 5.73. The van der Waals surface area contributed by atoms with E-state index in [9.17, 15) is 14.9 Å². The minimum Gasteiger partial charge on any atom is -0.480 e. The van der Waals surface area contributed by atoms with Crippen LogP contribution in [0.25, 0.3) is 0 Å². The van der Waals surface area contributed by atoms with Gasteiger partial charge in [0.25, 0.3) is 0 Å². The van der Waals surface area contributed by atoms with Crippen LogP contribution in [0, 0.1) is 10.1 Å². The van der Waals surface area contributed by atoms with Crippen LogP contribution in [-0.2, 0) is 11.2 Å². The van der Waals surface area contributed by atoms with Gasteiger partial charge >= 0.3 is 11.8 Å². The van der Waals surface area contributed by atoms with Gasteiger partial charge in [0.2, 0.25) is 0 Å². The number of nitrogens with two attached hydrogens (primary N) is 1. The van der Waals surface area contributed by atoms with E-state index < -0.39 is 16.9 Å². The number of aliphatic carboxylic acids is 1. The molecule has 0 aliphatic carbocycles. The number of aromatic nitrogens is 1. The molecule has 1 rings (SSSR count). The smallest absolute Gasteiger partial charge is 0.363 e. The van der Waals surface area contributed by atoms with Crippen LogP contribution in [0.5, 0.6) is 0 Å². The van der Waals surface area contributed by atoms with Crippen molar-refractivity contribution >= 4 is 11.8 Å². The van der Waals surface area contributed by atoms with Gasteiger partial charge in [0.1, 0.15) is 12.2 Å². The van der Waals surface area contributed by atoms with Crippen molar-refractivity contribution in [2.24, 2.45) is 5.73 Å². The van der Waals surface area contributed by atoms with E-state index in [1.807, 2.05) is 0 Å². The number of pyridine rings is 1. The molecule has 80 valence electrons. The highest BCUT2D eigenvalue weighted by Gasteiger charge is 2.14. The van der Waals surface area contributed by atoms with Crippen molar-refractivity contribution in [1.82, 2.24) is 4.98 Å². The van der Waals surface area contributed by atoms with Gasteiger partial charge in [-0.3, -0.25) is 4.79 Å². The number of nitrogens with zero attached hydrogens (tertiary/aromatic N) is 2. The van der Waals surface area contributed by atoms with Gasteiger partial charge < -0.3 is 21.0 Å². The summed E-state index contributed by atoms with van der Waals surface area (Å²) in [5.74, 6) is -1.46. The topological polar surface area (TPSA) is 119 Å². The van der Waals surface area contributed by atoms with E-state index in [0.717, 1.165) is 0 Å². The molecule has 0 spiro atoms. The number of carboxylic acid groups (broad SMARTS) is 1. The van der Waals surface area contributed by atoms with E-state index in [1.165, 1.54) is 18.3 Å². The second-order valence-corrected chi connectivity index (χ2v) is 2.93. The SMILES string of the molecule is NC(Cc1ccnc([N+](=O)[O-])c1)C(=O)O. The van der Waals surface area contributed by atoms with Crippen molar-refractivity contribution in [2.75, 3.05) is 0 Å². The van der Waals surface area contributed by atoms with Crippen molar-refractivity contribution in [3.05, 3.63) is 34.0 Å². The molecule has 0 aromatic carbocycles. The fourth-order valence-electron chi connectivity index (χ4n) is 1.03. The van der Waals surface area contributed by atoms with Crippen molar-refractivity contribution in [1.29, 1.82) is 0 Å². The summed E-state index contributed by atoms with van der Waals surface area (Å²) in [7, 11) is 0. The van der Waals surface area contributed by atoms with E-state index in [1.54, 1.807) is 0 Å². The van der Waals surface area contributed by atoms with E-state index in [0.29, 0.717) is 5.56 Å². The average molecular weight is 211 g/mol. The number of hydrogen-bond acceptors (Lipinski definition) is 5. The van der Waals surface area contributed by atoms with Gasteiger partial charge in [0, 0.05) is 6.07 Å². The molecule has 15 heavy (non-hydrogen) atoms. The maximum atomic E-state index is 10.4. The fraction of sp³-hybridized carbons (Fsp3) is 0.250. The molecule has 1 aromatic rings. The first-order valence-electron chi connectivity index (χ1n) is 4.08. The molecule has 0 amide bonds. The van der Waals surface area contributed by atoms with E-state index >= 15 is 0 Å². The lowest BCUT2D eigenvalue weighted by Gasteiger charge is -2.04. The van der Waals surface area contributed by atoms with E-state index in [2.05, 4.69) is 4.98 Å². The van der Waals surface area contributed by atoms with Crippen LogP contribution < -0.4 is 5.73 Å². The Labute approximate surface area is 84.7 Å². The Hall–Kier alpha value is -2.02. The lowest BCUT2D eigenvalue weighted by molar-refractivity contribution is -0.389. The van der Waals surface area contributed by atoms with Crippen LogP contribution in [0.4, 0.5) is 5.82 Å². The Balaban J connectivity index is 2.82. The zero-order valence-electron chi connectivity index (χ0n) is 7.66. The summed E-state index contributed by atoms with van der Waals surface area (Å²) in [6.45, 7) is 0. The third-order valence-corrected chi connectivity index (χ3v) is 1.77. The van der Waals surface area contributed by atoms with Gasteiger partial charge in [0.05, 0.1) is 0 Å². The molecule has 0 bridgehead atoms. The van der Waals surface area contributed by atoms with Gasteiger partial charge in [-0.25, -0.2) is 0 Å². The van der Waals surface area contributed by atoms with Crippen LogP contribution >= 0.6 is 0 Å². The van der Waals surface area contributed by atoms with E-state index in [-0.39, 0.29) is 12.2 Å². The molecular formula is C8H9N3O4. The molecule has 1 atom stereocenters. The molecule has 7 nitrogen and oxygen atoms in total. The van der Waals surface area contributed by atoms with Crippen LogP contribution in [0.3, 0.4) is 0 Å². The maximum Gasteiger partial charge on any atom is 0.363 e. The fourth-order valence-corrected chi connectivity index (χ4v) is 1.03. The molecule has 0 radical (unpaired) electrons. The Bertz CT molecular complexity index is 393. The van der Waals surface area contributed by atoms with Crippen molar-refractivity contribution in [3.8, 4) is 0 Å². The zero-order valence-corrected chi connectivity index (χ0v) is 7.66. The first-order valence-corrected chi connectivity index (χ1v) is 4.08. The second kappa shape index (κ2) is 4.47. The highest BCUT2D eigenvalue weighted by atomic mass is 16.6. The number of hydrogen-bond donors (Lipinski definition) is 2. The third-order valence-electron chi connectivity index (χ3n) is 1.77. The number of rotatable bonds is 4. The van der Waals surface area contributed by atoms with Gasteiger partial charge in [-0.1, -0.05) is 0 Å². The molecule has 7 heteroatoms. The average Bonchev–Trinajstić information content (AvgIpc) is 2.18. The molecule has 0 aliphatic rings. The van der Waals surface area contributed by atoms with Crippen LogP contribution in [0.1, 0.15) is 5.56 Å². The summed E-state index contributed by atoms with van der Waals surface area (Å²) in [6, 6.07) is 1.64. The first-order chi connectivity index (χ1) is 7.00. The number of carboxylic acids is 1. The Morgan fingerprint density at radius 3 is 2.93 bits per heavy atom. The second-order valence-electron chi connectivity index (χ2n) is 2.93. The van der Waals surface area contributed by atoms with Crippen LogP contribution in [0.2, 0.25) is 0 Å². The van der Waals surface area contributed by atoms with Crippen molar-refractivity contribution in [3.63, 3.8) is 0 Å². The van der Waals surface area contributed by atoms with Crippen molar-refractivity contribution < 1.29 is 14.8 Å². The maximum absolute atomic E-state index is 10.4. The Morgan fingerprint density at radius 1 is 1.73 bits per heavy atom. The predicted molar refractivity (Wildman–Crippen MR) is 50.2 cm³/mol. The van der Waals surface area contributed by atoms with Crippen LogP contribution in [-0.4, -0.2) is 27.0 Å². The standard InChI is InChI=1S/C8H9N3O4/c9-6(8(12)13)3-5-1-2-10-7(4-5)11(14)15/h1-2,4,6H,3,9H2,(H,12,13). The largest absolute Gasteiger partial charge is 0.480 e. The summed E-state index contributed by atoms with van der Waals surface area (Å²) in [5, 5.41) is 18.9. The molecule has 3 N–H and O–H groups in total. The summed E-state index contributed by atoms with van der Waals surface area (Å²) < 4.78 is 0. The van der Waals surface area contributed by atoms with Crippen LogP contribution in [0.15, 0.2) is 18.3 Å². The monoisotopic (exact) mass is 211 g/mol. The quantitative estimate of drug-likeness (QED) is 0.532. The Morgan fingerprint density at radius 2 is 2.40 bits per heavy atom. The molecule has 0 saturated carbocycles. The van der Waals surface area contributed by atoms with E-state index in [4.69, 9.17) is 10.8 Å². The lowest BCUT2D eigenvalue weighted by atomic mass is 10.1. The highest BCUT2D eigenvalue weighted by Crippen LogP contribution is 2.10. The molecule has 0 fully saturated rings. The number of nitro groups is 1. The van der Waals surface area contributed by atoms with Gasteiger partial charge in [-0.2, -0.15) is 0 Å². The molecule has 1 aromatic heterocycles. The molecule has 0 saturated heterocycles. The molecule has 0 aliphatic heterocycles. The zero-order chi connectivity index (χ0) is 11.4. The summed E-state index contributed by atoms with van der Waals surface area (Å²) in [5.41, 5.74) is 5.76. The molecule has 1 unspecified atom stereocenters. The minimum atomic E-state index is -1.14. The summed E-state index contributed by atoms with van der Waals surface area (Å²) >= 11 is 0. The minimum absolute atomic E-state index is 0.0404.